The molecule has 100 valence electrons. The predicted molar refractivity (Wildman–Crippen MR) is 70.6 cm³/mol. The van der Waals surface area contributed by atoms with Gasteiger partial charge < -0.3 is 10.4 Å². The molecule has 5 heteroatoms. The molecular formula is C13H21N3O2. The number of carbonyl (C=O) groups is 1. The van der Waals surface area contributed by atoms with Crippen LogP contribution in [-0.4, -0.2) is 27.6 Å². The van der Waals surface area contributed by atoms with E-state index in [1.54, 1.807) is 6.33 Å². The number of rotatable bonds is 7. The SMILES string of the molecule is CC(CCC(=O)O)CNc1cc(C(C)C)ncn1. The largest absolute Gasteiger partial charge is 0.481 e. The second kappa shape index (κ2) is 6.93. The fraction of sp³-hybridized carbons (Fsp3) is 0.615. The molecule has 0 bridgehead atoms. The Hall–Kier alpha value is -1.65. The molecule has 0 saturated heterocycles. The molecule has 18 heavy (non-hydrogen) atoms. The summed E-state index contributed by atoms with van der Waals surface area (Å²) in [5.74, 6) is 0.735. The zero-order chi connectivity index (χ0) is 13.5. The van der Waals surface area contributed by atoms with Crippen LogP contribution in [-0.2, 0) is 4.79 Å². The number of nitrogens with zero attached hydrogens (tertiary/aromatic N) is 2. The fourth-order valence-electron chi connectivity index (χ4n) is 1.54. The lowest BCUT2D eigenvalue weighted by atomic mass is 10.1. The maximum atomic E-state index is 10.5. The van der Waals surface area contributed by atoms with Gasteiger partial charge in [-0.3, -0.25) is 4.79 Å². The Balaban J connectivity index is 2.43. The number of aliphatic carboxylic acids is 1. The van der Waals surface area contributed by atoms with E-state index < -0.39 is 5.97 Å². The second-order valence-corrected chi connectivity index (χ2v) is 4.90. The highest BCUT2D eigenvalue weighted by Gasteiger charge is 2.07. The van der Waals surface area contributed by atoms with Crippen LogP contribution >= 0.6 is 0 Å². The molecule has 5 nitrogen and oxygen atoms in total. The van der Waals surface area contributed by atoms with Gasteiger partial charge in [0, 0.05) is 24.7 Å². The quantitative estimate of drug-likeness (QED) is 0.778. The number of hydrogen-bond acceptors (Lipinski definition) is 4. The minimum absolute atomic E-state index is 0.212. The molecule has 0 aliphatic heterocycles. The number of carboxylic acids is 1. The lowest BCUT2D eigenvalue weighted by molar-refractivity contribution is -0.137. The van der Waals surface area contributed by atoms with Crippen LogP contribution in [0.5, 0.6) is 0 Å². The van der Waals surface area contributed by atoms with Crippen LogP contribution in [0.15, 0.2) is 12.4 Å². The normalized spacial score (nSPS) is 12.4. The van der Waals surface area contributed by atoms with Gasteiger partial charge in [-0.05, 0) is 18.3 Å². The van der Waals surface area contributed by atoms with Crippen molar-refractivity contribution in [2.75, 3.05) is 11.9 Å². The zero-order valence-electron chi connectivity index (χ0n) is 11.2. The monoisotopic (exact) mass is 251 g/mol. The van der Waals surface area contributed by atoms with E-state index in [2.05, 4.69) is 29.1 Å². The number of aromatic nitrogens is 2. The van der Waals surface area contributed by atoms with Gasteiger partial charge in [0.05, 0.1) is 0 Å². The summed E-state index contributed by atoms with van der Waals surface area (Å²) in [7, 11) is 0. The molecule has 1 atom stereocenters. The summed E-state index contributed by atoms with van der Waals surface area (Å²) in [5.41, 5.74) is 1.01. The van der Waals surface area contributed by atoms with E-state index in [1.165, 1.54) is 0 Å². The number of hydrogen-bond donors (Lipinski definition) is 2. The van der Waals surface area contributed by atoms with Crippen LogP contribution in [0.1, 0.15) is 45.2 Å². The van der Waals surface area contributed by atoms with E-state index in [0.717, 1.165) is 18.1 Å². The van der Waals surface area contributed by atoms with Gasteiger partial charge in [-0.15, -0.1) is 0 Å². The van der Waals surface area contributed by atoms with Crippen molar-refractivity contribution >= 4 is 11.8 Å². The topological polar surface area (TPSA) is 75.1 Å². The second-order valence-electron chi connectivity index (χ2n) is 4.90. The molecule has 1 heterocycles. The summed E-state index contributed by atoms with van der Waals surface area (Å²) < 4.78 is 0. The van der Waals surface area contributed by atoms with Crippen molar-refractivity contribution in [2.24, 2.45) is 5.92 Å². The van der Waals surface area contributed by atoms with Crippen LogP contribution in [0.25, 0.3) is 0 Å². The van der Waals surface area contributed by atoms with Crippen molar-refractivity contribution in [1.29, 1.82) is 0 Å². The first-order valence-electron chi connectivity index (χ1n) is 6.26. The molecule has 0 aromatic carbocycles. The van der Waals surface area contributed by atoms with E-state index in [9.17, 15) is 4.79 Å². The number of carboxylic acid groups (broad SMARTS) is 1. The molecule has 0 aliphatic carbocycles. The smallest absolute Gasteiger partial charge is 0.303 e. The number of anilines is 1. The third-order valence-electron chi connectivity index (χ3n) is 2.76. The Bertz CT molecular complexity index is 394. The van der Waals surface area contributed by atoms with Crippen LogP contribution in [0.4, 0.5) is 5.82 Å². The van der Waals surface area contributed by atoms with Crippen LogP contribution in [0.3, 0.4) is 0 Å². The van der Waals surface area contributed by atoms with E-state index in [1.807, 2.05) is 13.0 Å². The summed E-state index contributed by atoms with van der Waals surface area (Å²) in [4.78, 5) is 18.8. The van der Waals surface area contributed by atoms with Gasteiger partial charge in [-0.25, -0.2) is 9.97 Å². The molecule has 1 aromatic heterocycles. The van der Waals surface area contributed by atoms with Gasteiger partial charge in [0.1, 0.15) is 12.1 Å². The van der Waals surface area contributed by atoms with Crippen molar-refractivity contribution in [3.8, 4) is 0 Å². The van der Waals surface area contributed by atoms with E-state index >= 15 is 0 Å². The summed E-state index contributed by atoms with van der Waals surface area (Å²) in [6.07, 6.45) is 2.44. The zero-order valence-corrected chi connectivity index (χ0v) is 11.2. The van der Waals surface area contributed by atoms with E-state index in [0.29, 0.717) is 18.3 Å². The minimum atomic E-state index is -0.744. The fourth-order valence-corrected chi connectivity index (χ4v) is 1.54. The molecule has 1 unspecified atom stereocenters. The summed E-state index contributed by atoms with van der Waals surface area (Å²) in [5, 5.41) is 11.8. The lowest BCUT2D eigenvalue weighted by Crippen LogP contribution is -2.14. The summed E-state index contributed by atoms with van der Waals surface area (Å²) in [6.45, 7) is 6.92. The molecule has 1 rings (SSSR count). The maximum absolute atomic E-state index is 10.5. The first-order chi connectivity index (χ1) is 8.49. The Kier molecular flexibility index (Phi) is 5.55. The molecule has 0 aliphatic rings. The predicted octanol–water partition coefficient (Wildman–Crippen LogP) is 2.51. The van der Waals surface area contributed by atoms with Gasteiger partial charge in [0.2, 0.25) is 0 Å². The van der Waals surface area contributed by atoms with Gasteiger partial charge >= 0.3 is 5.97 Å². The first-order valence-corrected chi connectivity index (χ1v) is 6.26. The Morgan fingerprint density at radius 1 is 1.39 bits per heavy atom. The van der Waals surface area contributed by atoms with E-state index in [-0.39, 0.29) is 6.42 Å². The minimum Gasteiger partial charge on any atom is -0.481 e. The third-order valence-corrected chi connectivity index (χ3v) is 2.76. The maximum Gasteiger partial charge on any atom is 0.303 e. The highest BCUT2D eigenvalue weighted by Crippen LogP contribution is 2.14. The van der Waals surface area contributed by atoms with Crippen molar-refractivity contribution in [3.05, 3.63) is 18.1 Å². The van der Waals surface area contributed by atoms with Gasteiger partial charge in [0.25, 0.3) is 0 Å². The first kappa shape index (κ1) is 14.4. The van der Waals surface area contributed by atoms with Gasteiger partial charge in [-0.2, -0.15) is 0 Å². The number of nitrogens with one attached hydrogen (secondary N) is 1. The average molecular weight is 251 g/mol. The highest BCUT2D eigenvalue weighted by atomic mass is 16.4. The third kappa shape index (κ3) is 5.12. The molecule has 0 fully saturated rings. The van der Waals surface area contributed by atoms with Crippen LogP contribution in [0, 0.1) is 5.92 Å². The summed E-state index contributed by atoms with van der Waals surface area (Å²) in [6, 6.07) is 1.94. The molecule has 1 aromatic rings. The molecular weight excluding hydrogens is 230 g/mol. The molecule has 0 saturated carbocycles. The molecule has 0 spiro atoms. The van der Waals surface area contributed by atoms with E-state index in [4.69, 9.17) is 5.11 Å². The van der Waals surface area contributed by atoms with Crippen molar-refractivity contribution in [2.45, 2.75) is 39.5 Å². The average Bonchev–Trinajstić information content (AvgIpc) is 2.34. The van der Waals surface area contributed by atoms with Crippen molar-refractivity contribution in [3.63, 3.8) is 0 Å². The summed E-state index contributed by atoms with van der Waals surface area (Å²) >= 11 is 0. The lowest BCUT2D eigenvalue weighted by Gasteiger charge is -2.12. The Morgan fingerprint density at radius 2 is 2.11 bits per heavy atom. The van der Waals surface area contributed by atoms with Gasteiger partial charge in [0.15, 0.2) is 0 Å². The van der Waals surface area contributed by atoms with Gasteiger partial charge in [-0.1, -0.05) is 20.8 Å². The highest BCUT2D eigenvalue weighted by molar-refractivity contribution is 5.66. The molecule has 0 amide bonds. The molecule has 0 radical (unpaired) electrons. The van der Waals surface area contributed by atoms with Crippen LogP contribution in [0.2, 0.25) is 0 Å². The molecule has 2 N–H and O–H groups in total. The standard InChI is InChI=1S/C13H21N3O2/c1-9(2)11-6-12(16-8-15-11)14-7-10(3)4-5-13(17)18/h6,8-10H,4-5,7H2,1-3H3,(H,17,18)(H,14,15,16). The van der Waals surface area contributed by atoms with Crippen LogP contribution < -0.4 is 5.32 Å². The Morgan fingerprint density at radius 3 is 2.72 bits per heavy atom. The van der Waals surface area contributed by atoms with Crippen molar-refractivity contribution in [1.82, 2.24) is 9.97 Å². The Labute approximate surface area is 108 Å². The van der Waals surface area contributed by atoms with Crippen molar-refractivity contribution < 1.29 is 9.90 Å².